The fourth-order valence-corrected chi connectivity index (χ4v) is 3.91. The third kappa shape index (κ3) is 5.35. The van der Waals surface area contributed by atoms with Gasteiger partial charge in [-0.25, -0.2) is 9.48 Å². The molecule has 0 amide bonds. The molecule has 1 atom stereocenters. The summed E-state index contributed by atoms with van der Waals surface area (Å²) in [6.07, 6.45) is 5.07. The maximum absolute atomic E-state index is 12.4. The van der Waals surface area contributed by atoms with Crippen molar-refractivity contribution in [2.24, 2.45) is 10.9 Å². The number of aromatic nitrogens is 3. The molecule has 0 saturated carbocycles. The standard InChI is InChI=1S/C19H34N6O3/c1-20-18(23-11-7-16(14-23)15-28-13-12-27-2)21-8-5-10-25-19(26)24-9-4-3-6-17(24)22-25/h16H,3-15H2,1-2H3,(H,20,21). The molecule has 3 rings (SSSR count). The van der Waals surface area contributed by atoms with Gasteiger partial charge in [0, 0.05) is 59.2 Å². The van der Waals surface area contributed by atoms with Gasteiger partial charge in [-0.2, -0.15) is 5.10 Å². The second-order valence-corrected chi connectivity index (χ2v) is 7.53. The Balaban J connectivity index is 1.38. The van der Waals surface area contributed by atoms with Crippen LogP contribution in [0.1, 0.15) is 31.5 Å². The molecule has 9 heteroatoms. The minimum Gasteiger partial charge on any atom is -0.382 e. The minimum atomic E-state index is 0.0370. The number of nitrogens with one attached hydrogen (secondary N) is 1. The maximum atomic E-state index is 12.4. The number of methoxy groups -OCH3 is 1. The number of hydrogen-bond donors (Lipinski definition) is 1. The van der Waals surface area contributed by atoms with Crippen molar-refractivity contribution < 1.29 is 9.47 Å². The molecular weight excluding hydrogens is 360 g/mol. The van der Waals surface area contributed by atoms with Crippen LogP contribution >= 0.6 is 0 Å². The average molecular weight is 395 g/mol. The van der Waals surface area contributed by atoms with Crippen LogP contribution in [0, 0.1) is 5.92 Å². The van der Waals surface area contributed by atoms with Crippen LogP contribution in [0.25, 0.3) is 0 Å². The van der Waals surface area contributed by atoms with Gasteiger partial charge in [0.2, 0.25) is 0 Å². The molecule has 1 aromatic heterocycles. The number of ether oxygens (including phenoxy) is 2. The summed E-state index contributed by atoms with van der Waals surface area (Å²) in [4.78, 5) is 19.1. The average Bonchev–Trinajstić information content (AvgIpc) is 3.31. The van der Waals surface area contributed by atoms with Crippen molar-refractivity contribution in [1.82, 2.24) is 24.6 Å². The van der Waals surface area contributed by atoms with E-state index in [9.17, 15) is 4.79 Å². The van der Waals surface area contributed by atoms with Crippen LogP contribution in [-0.4, -0.2) is 78.8 Å². The fraction of sp³-hybridized carbons (Fsp3) is 0.842. The summed E-state index contributed by atoms with van der Waals surface area (Å²) in [6, 6.07) is 0. The Morgan fingerprint density at radius 3 is 3.00 bits per heavy atom. The molecule has 9 nitrogen and oxygen atoms in total. The van der Waals surface area contributed by atoms with Crippen LogP contribution in [0.2, 0.25) is 0 Å². The fourth-order valence-electron chi connectivity index (χ4n) is 3.91. The lowest BCUT2D eigenvalue weighted by molar-refractivity contribution is 0.0536. The van der Waals surface area contributed by atoms with E-state index >= 15 is 0 Å². The summed E-state index contributed by atoms with van der Waals surface area (Å²) < 4.78 is 14.1. The molecule has 0 aliphatic carbocycles. The largest absolute Gasteiger partial charge is 0.382 e. The third-order valence-corrected chi connectivity index (χ3v) is 5.44. The van der Waals surface area contributed by atoms with Crippen molar-refractivity contribution in [3.8, 4) is 0 Å². The van der Waals surface area contributed by atoms with Gasteiger partial charge >= 0.3 is 5.69 Å². The maximum Gasteiger partial charge on any atom is 0.345 e. The third-order valence-electron chi connectivity index (χ3n) is 5.44. The van der Waals surface area contributed by atoms with E-state index in [2.05, 4.69) is 20.3 Å². The molecule has 1 aromatic rings. The second-order valence-electron chi connectivity index (χ2n) is 7.53. The smallest absolute Gasteiger partial charge is 0.345 e. The molecule has 0 radical (unpaired) electrons. The van der Waals surface area contributed by atoms with Crippen molar-refractivity contribution in [2.75, 3.05) is 53.6 Å². The zero-order chi connectivity index (χ0) is 19.8. The number of likely N-dealkylation sites (tertiary alicyclic amines) is 1. The number of rotatable bonds is 9. The number of nitrogens with zero attached hydrogens (tertiary/aromatic N) is 5. The van der Waals surface area contributed by atoms with Crippen LogP contribution < -0.4 is 11.0 Å². The summed E-state index contributed by atoms with van der Waals surface area (Å²) in [5, 5.41) is 7.92. The van der Waals surface area contributed by atoms with Crippen LogP contribution in [0.15, 0.2) is 9.79 Å². The van der Waals surface area contributed by atoms with Crippen molar-refractivity contribution in [3.05, 3.63) is 16.3 Å². The molecule has 0 bridgehead atoms. The first-order chi connectivity index (χ1) is 13.7. The molecule has 1 saturated heterocycles. The number of guanidine groups is 1. The Hall–Kier alpha value is -1.87. The normalized spacial score (nSPS) is 19.9. The molecule has 2 aliphatic heterocycles. The highest BCUT2D eigenvalue weighted by atomic mass is 16.5. The molecule has 3 heterocycles. The van der Waals surface area contributed by atoms with E-state index in [1.165, 1.54) is 0 Å². The van der Waals surface area contributed by atoms with Crippen LogP contribution in [0.4, 0.5) is 0 Å². The van der Waals surface area contributed by atoms with Gasteiger partial charge in [0.15, 0.2) is 5.96 Å². The van der Waals surface area contributed by atoms with Crippen molar-refractivity contribution in [2.45, 2.75) is 45.2 Å². The lowest BCUT2D eigenvalue weighted by Crippen LogP contribution is -2.41. The summed E-state index contributed by atoms with van der Waals surface area (Å²) in [7, 11) is 3.51. The van der Waals surface area contributed by atoms with E-state index in [1.807, 2.05) is 11.6 Å². The highest BCUT2D eigenvalue weighted by molar-refractivity contribution is 5.80. The van der Waals surface area contributed by atoms with Crippen molar-refractivity contribution >= 4 is 5.96 Å². The van der Waals surface area contributed by atoms with Gasteiger partial charge in [-0.1, -0.05) is 0 Å². The molecule has 28 heavy (non-hydrogen) atoms. The minimum absolute atomic E-state index is 0.0370. The molecule has 1 fully saturated rings. The zero-order valence-corrected chi connectivity index (χ0v) is 17.2. The quantitative estimate of drug-likeness (QED) is 0.369. The molecule has 0 aromatic carbocycles. The van der Waals surface area contributed by atoms with Crippen molar-refractivity contribution in [1.29, 1.82) is 0 Å². The Morgan fingerprint density at radius 1 is 1.32 bits per heavy atom. The molecule has 0 spiro atoms. The molecule has 1 N–H and O–H groups in total. The van der Waals surface area contributed by atoms with Gasteiger partial charge in [0.1, 0.15) is 5.82 Å². The van der Waals surface area contributed by atoms with E-state index in [-0.39, 0.29) is 5.69 Å². The van der Waals surface area contributed by atoms with E-state index in [4.69, 9.17) is 9.47 Å². The van der Waals surface area contributed by atoms with Gasteiger partial charge in [-0.3, -0.25) is 9.56 Å². The lowest BCUT2D eigenvalue weighted by Gasteiger charge is -2.21. The molecule has 1 unspecified atom stereocenters. The topological polar surface area (TPSA) is 85.9 Å². The number of hydrogen-bond acceptors (Lipinski definition) is 5. The van der Waals surface area contributed by atoms with E-state index in [0.29, 0.717) is 25.7 Å². The van der Waals surface area contributed by atoms with Gasteiger partial charge in [0.05, 0.1) is 19.8 Å². The molecular formula is C19H34N6O3. The first kappa shape index (κ1) is 20.9. The number of aryl methyl sites for hydroxylation is 2. The Kier molecular flexibility index (Phi) is 7.90. The highest BCUT2D eigenvalue weighted by Crippen LogP contribution is 2.16. The predicted molar refractivity (Wildman–Crippen MR) is 108 cm³/mol. The second kappa shape index (κ2) is 10.6. The first-order valence-electron chi connectivity index (χ1n) is 10.4. The number of fused-ring (bicyclic) bond motifs is 1. The Morgan fingerprint density at radius 2 is 2.21 bits per heavy atom. The lowest BCUT2D eigenvalue weighted by atomic mass is 10.1. The van der Waals surface area contributed by atoms with Crippen LogP contribution in [0.5, 0.6) is 0 Å². The number of aliphatic imine (C=N–C) groups is 1. The van der Waals surface area contributed by atoms with Gasteiger partial charge < -0.3 is 19.7 Å². The van der Waals surface area contributed by atoms with Crippen LogP contribution in [-0.2, 0) is 29.0 Å². The van der Waals surface area contributed by atoms with E-state index < -0.39 is 0 Å². The summed E-state index contributed by atoms with van der Waals surface area (Å²) in [5.41, 5.74) is 0.0370. The molecule has 2 aliphatic rings. The van der Waals surface area contributed by atoms with Crippen LogP contribution in [0.3, 0.4) is 0 Å². The summed E-state index contributed by atoms with van der Waals surface area (Å²) in [5.74, 6) is 2.40. The van der Waals surface area contributed by atoms with Gasteiger partial charge in [-0.05, 0) is 25.7 Å². The molecule has 158 valence electrons. The highest BCUT2D eigenvalue weighted by Gasteiger charge is 2.25. The zero-order valence-electron chi connectivity index (χ0n) is 17.2. The van der Waals surface area contributed by atoms with E-state index in [1.54, 1.807) is 11.8 Å². The Labute approximate surface area is 166 Å². The summed E-state index contributed by atoms with van der Waals surface area (Å²) in [6.45, 7) is 6.23. The van der Waals surface area contributed by atoms with E-state index in [0.717, 1.165) is 76.7 Å². The predicted octanol–water partition coefficient (Wildman–Crippen LogP) is 0.332. The van der Waals surface area contributed by atoms with Gasteiger partial charge in [-0.15, -0.1) is 0 Å². The monoisotopic (exact) mass is 394 g/mol. The Bertz CT molecular complexity index is 698. The summed E-state index contributed by atoms with van der Waals surface area (Å²) >= 11 is 0. The SMILES string of the molecule is CN=C(NCCCn1nc2n(c1=O)CCCC2)N1CCC(COCCOC)C1. The first-order valence-corrected chi connectivity index (χ1v) is 10.4. The van der Waals surface area contributed by atoms with Gasteiger partial charge in [0.25, 0.3) is 0 Å². The van der Waals surface area contributed by atoms with Crippen molar-refractivity contribution in [3.63, 3.8) is 0 Å².